The number of H-pyrrole nitrogens is 1. The Morgan fingerprint density at radius 2 is 2.00 bits per heavy atom. The van der Waals surface area contributed by atoms with E-state index >= 15 is 0 Å². The smallest absolute Gasteiger partial charge is 0.277 e. The summed E-state index contributed by atoms with van der Waals surface area (Å²) >= 11 is 0. The van der Waals surface area contributed by atoms with Crippen molar-refractivity contribution >= 4 is 22.6 Å². The molecule has 28 heavy (non-hydrogen) atoms. The summed E-state index contributed by atoms with van der Waals surface area (Å²) in [5.74, 6) is 0.182. The van der Waals surface area contributed by atoms with Gasteiger partial charge in [-0.1, -0.05) is 12.1 Å². The molecule has 7 nitrogen and oxygen atoms in total. The van der Waals surface area contributed by atoms with E-state index in [0.29, 0.717) is 11.5 Å². The maximum absolute atomic E-state index is 12.7. The Balaban J connectivity index is 1.67. The second-order valence-electron chi connectivity index (χ2n) is 6.82. The lowest BCUT2D eigenvalue weighted by Gasteiger charge is -2.10. The molecule has 0 saturated carbocycles. The van der Waals surface area contributed by atoms with Crippen molar-refractivity contribution in [3.05, 3.63) is 72.3 Å². The van der Waals surface area contributed by atoms with Gasteiger partial charge in [0.1, 0.15) is 5.82 Å². The van der Waals surface area contributed by atoms with E-state index in [0.717, 1.165) is 34.1 Å². The summed E-state index contributed by atoms with van der Waals surface area (Å²) < 4.78 is 0. The van der Waals surface area contributed by atoms with E-state index in [1.54, 1.807) is 18.3 Å². The molecule has 3 aromatic heterocycles. The van der Waals surface area contributed by atoms with Gasteiger partial charge in [0.05, 0.1) is 5.52 Å². The third-order valence-electron chi connectivity index (χ3n) is 4.31. The Morgan fingerprint density at radius 1 is 1.11 bits per heavy atom. The first-order valence-corrected chi connectivity index (χ1v) is 8.90. The van der Waals surface area contributed by atoms with Gasteiger partial charge in [-0.3, -0.25) is 14.9 Å². The third-order valence-corrected chi connectivity index (χ3v) is 4.31. The van der Waals surface area contributed by atoms with Gasteiger partial charge in [-0.15, -0.1) is 0 Å². The zero-order chi connectivity index (χ0) is 19.5. The second-order valence-corrected chi connectivity index (χ2v) is 6.82. The molecule has 2 N–H and O–H groups in total. The number of amides is 1. The summed E-state index contributed by atoms with van der Waals surface area (Å²) in [6.45, 7) is 0.812. The van der Waals surface area contributed by atoms with Crippen molar-refractivity contribution in [2.75, 3.05) is 19.4 Å². The van der Waals surface area contributed by atoms with Gasteiger partial charge < -0.3 is 10.2 Å². The number of pyridine rings is 2. The molecule has 0 bridgehead atoms. The molecular formula is C21H20N6O. The standard InChI is InChI=1S/C21H20N6O/c1-27(2)13-14-9-16(12-22-11-14)15-6-7-18-17(10-15)20(26-25-18)21(28)24-19-5-3-4-8-23-19/h3-12H,13H2,1-2H3,(H,25,26)(H,23,24,28). The predicted molar refractivity (Wildman–Crippen MR) is 109 cm³/mol. The van der Waals surface area contributed by atoms with Gasteiger partial charge >= 0.3 is 0 Å². The van der Waals surface area contributed by atoms with Crippen LogP contribution in [0, 0.1) is 0 Å². The summed E-state index contributed by atoms with van der Waals surface area (Å²) in [7, 11) is 4.05. The van der Waals surface area contributed by atoms with Crippen LogP contribution in [0.15, 0.2) is 61.1 Å². The number of aromatic nitrogens is 4. The van der Waals surface area contributed by atoms with Crippen LogP contribution in [-0.4, -0.2) is 45.1 Å². The van der Waals surface area contributed by atoms with Crippen LogP contribution in [-0.2, 0) is 6.54 Å². The van der Waals surface area contributed by atoms with E-state index in [-0.39, 0.29) is 5.91 Å². The summed E-state index contributed by atoms with van der Waals surface area (Å²) in [4.78, 5) is 23.2. The van der Waals surface area contributed by atoms with Crippen LogP contribution in [0.4, 0.5) is 5.82 Å². The van der Waals surface area contributed by atoms with Crippen LogP contribution in [0.3, 0.4) is 0 Å². The zero-order valence-electron chi connectivity index (χ0n) is 15.7. The Labute approximate surface area is 162 Å². The minimum atomic E-state index is -0.304. The number of hydrogen-bond acceptors (Lipinski definition) is 5. The molecule has 0 unspecified atom stereocenters. The summed E-state index contributed by atoms with van der Waals surface area (Å²) in [6, 6.07) is 13.3. The maximum atomic E-state index is 12.7. The van der Waals surface area contributed by atoms with Crippen LogP contribution < -0.4 is 5.32 Å². The Bertz CT molecular complexity index is 1120. The first-order valence-electron chi connectivity index (χ1n) is 8.90. The Morgan fingerprint density at radius 3 is 2.79 bits per heavy atom. The second kappa shape index (κ2) is 7.58. The van der Waals surface area contributed by atoms with Gasteiger partial charge in [0.15, 0.2) is 5.69 Å². The highest BCUT2D eigenvalue weighted by Gasteiger charge is 2.15. The molecule has 3 heterocycles. The van der Waals surface area contributed by atoms with E-state index in [1.807, 2.05) is 50.8 Å². The van der Waals surface area contributed by atoms with Crippen molar-refractivity contribution in [1.82, 2.24) is 25.1 Å². The number of rotatable bonds is 5. The summed E-state index contributed by atoms with van der Waals surface area (Å²) in [5.41, 5.74) is 4.24. The minimum Gasteiger partial charge on any atom is -0.305 e. The molecule has 0 aliphatic rings. The third kappa shape index (κ3) is 3.74. The number of aromatic amines is 1. The maximum Gasteiger partial charge on any atom is 0.277 e. The van der Waals surface area contributed by atoms with Crippen molar-refractivity contribution in [2.45, 2.75) is 6.54 Å². The van der Waals surface area contributed by atoms with Gasteiger partial charge in [0.2, 0.25) is 0 Å². The van der Waals surface area contributed by atoms with Crippen LogP contribution in [0.1, 0.15) is 16.1 Å². The van der Waals surface area contributed by atoms with Crippen LogP contribution >= 0.6 is 0 Å². The van der Waals surface area contributed by atoms with E-state index < -0.39 is 0 Å². The first kappa shape index (κ1) is 17.8. The lowest BCUT2D eigenvalue weighted by Crippen LogP contribution is -2.13. The lowest BCUT2D eigenvalue weighted by atomic mass is 10.0. The molecule has 0 aliphatic carbocycles. The molecule has 7 heteroatoms. The highest BCUT2D eigenvalue weighted by Crippen LogP contribution is 2.26. The number of carbonyl (C=O) groups is 1. The molecule has 1 aromatic carbocycles. The van der Waals surface area contributed by atoms with E-state index in [1.165, 1.54) is 0 Å². The van der Waals surface area contributed by atoms with Crippen molar-refractivity contribution in [3.8, 4) is 11.1 Å². The van der Waals surface area contributed by atoms with Gasteiger partial charge in [-0.25, -0.2) is 4.98 Å². The van der Waals surface area contributed by atoms with Crippen LogP contribution in [0.5, 0.6) is 0 Å². The average molecular weight is 372 g/mol. The Kier molecular flexibility index (Phi) is 4.82. The highest BCUT2D eigenvalue weighted by molar-refractivity contribution is 6.11. The SMILES string of the molecule is CN(C)Cc1cncc(-c2ccc3[nH]nc(C(=O)Nc4ccccn4)c3c2)c1. The largest absolute Gasteiger partial charge is 0.305 e. The zero-order valence-corrected chi connectivity index (χ0v) is 15.7. The number of fused-ring (bicyclic) bond motifs is 1. The molecule has 0 fully saturated rings. The number of benzene rings is 1. The molecule has 0 radical (unpaired) electrons. The molecule has 1 amide bonds. The topological polar surface area (TPSA) is 86.8 Å². The van der Waals surface area contributed by atoms with Crippen molar-refractivity contribution < 1.29 is 4.79 Å². The van der Waals surface area contributed by atoms with Gasteiger partial charge in [0, 0.05) is 36.1 Å². The normalized spacial score (nSPS) is 11.1. The predicted octanol–water partition coefficient (Wildman–Crippen LogP) is 3.33. The van der Waals surface area contributed by atoms with Crippen molar-refractivity contribution in [2.24, 2.45) is 0 Å². The summed E-state index contributed by atoms with van der Waals surface area (Å²) in [6.07, 6.45) is 5.32. The van der Waals surface area contributed by atoms with E-state index in [2.05, 4.69) is 36.4 Å². The quantitative estimate of drug-likeness (QED) is 0.561. The molecule has 4 rings (SSSR count). The van der Waals surface area contributed by atoms with E-state index in [4.69, 9.17) is 0 Å². The summed E-state index contributed by atoms with van der Waals surface area (Å²) in [5, 5.41) is 10.6. The average Bonchev–Trinajstić information content (AvgIpc) is 3.12. The number of hydrogen-bond donors (Lipinski definition) is 2. The molecule has 0 aliphatic heterocycles. The minimum absolute atomic E-state index is 0.304. The highest BCUT2D eigenvalue weighted by atomic mass is 16.2. The van der Waals surface area contributed by atoms with Crippen LogP contribution in [0.2, 0.25) is 0 Å². The van der Waals surface area contributed by atoms with Gasteiger partial charge in [0.25, 0.3) is 5.91 Å². The van der Waals surface area contributed by atoms with Crippen LogP contribution in [0.25, 0.3) is 22.0 Å². The van der Waals surface area contributed by atoms with Crippen molar-refractivity contribution in [1.29, 1.82) is 0 Å². The first-order chi connectivity index (χ1) is 13.6. The molecule has 0 saturated heterocycles. The lowest BCUT2D eigenvalue weighted by molar-refractivity contribution is 0.102. The molecule has 4 aromatic rings. The molecule has 0 atom stereocenters. The molecular weight excluding hydrogens is 352 g/mol. The van der Waals surface area contributed by atoms with Gasteiger partial charge in [-0.2, -0.15) is 5.10 Å². The van der Waals surface area contributed by atoms with Gasteiger partial charge in [-0.05, 0) is 55.6 Å². The fraction of sp³-hybridized carbons (Fsp3) is 0.143. The number of nitrogens with one attached hydrogen (secondary N) is 2. The molecule has 0 spiro atoms. The Hall–Kier alpha value is -3.58. The fourth-order valence-corrected chi connectivity index (χ4v) is 3.08. The van der Waals surface area contributed by atoms with Crippen molar-refractivity contribution in [3.63, 3.8) is 0 Å². The molecule has 140 valence electrons. The number of nitrogens with zero attached hydrogens (tertiary/aromatic N) is 4. The number of anilines is 1. The fourth-order valence-electron chi connectivity index (χ4n) is 3.08. The number of carbonyl (C=O) groups excluding carboxylic acids is 1. The van der Waals surface area contributed by atoms with E-state index in [9.17, 15) is 4.79 Å². The monoisotopic (exact) mass is 372 g/mol.